The maximum atomic E-state index is 11.7. The quantitative estimate of drug-likeness (QED) is 0.854. The zero-order chi connectivity index (χ0) is 17.7. The van der Waals surface area contributed by atoms with Crippen LogP contribution in [0.4, 0.5) is 4.79 Å². The molecule has 0 aromatic heterocycles. The summed E-state index contributed by atoms with van der Waals surface area (Å²) in [5.74, 6) is 0. The average molecular weight is 348 g/mol. The van der Waals surface area contributed by atoms with Crippen LogP contribution in [0.3, 0.4) is 0 Å². The largest absolute Gasteiger partial charge is 0.444 e. The Morgan fingerprint density at radius 2 is 1.83 bits per heavy atom. The number of carbonyl (C=O) groups is 1. The summed E-state index contributed by atoms with van der Waals surface area (Å²) in [6.07, 6.45) is -0.463. The highest BCUT2D eigenvalue weighted by molar-refractivity contribution is 6.30. The number of hydrogen-bond acceptors (Lipinski definition) is 3. The Morgan fingerprint density at radius 1 is 1.17 bits per heavy atom. The summed E-state index contributed by atoms with van der Waals surface area (Å²) in [5, 5.41) is 13.0. The Kier molecular flexibility index (Phi) is 5.86. The summed E-state index contributed by atoms with van der Waals surface area (Å²) in [5.41, 5.74) is 3.08. The van der Waals surface area contributed by atoms with Crippen molar-refractivity contribution in [2.45, 2.75) is 39.5 Å². The molecule has 2 rings (SSSR count). The van der Waals surface area contributed by atoms with Gasteiger partial charge in [-0.05, 0) is 55.2 Å². The number of ether oxygens (including phenoxy) is 1. The predicted molar refractivity (Wildman–Crippen MR) is 95.9 cm³/mol. The smallest absolute Gasteiger partial charge is 0.407 e. The Balaban J connectivity index is 2.11. The number of hydrogen-bond donors (Lipinski definition) is 2. The Bertz CT molecular complexity index is 706. The molecule has 0 aliphatic heterocycles. The van der Waals surface area contributed by atoms with Gasteiger partial charge in [-0.3, -0.25) is 0 Å². The third kappa shape index (κ3) is 5.25. The number of halogens is 1. The molecule has 5 heteroatoms. The predicted octanol–water partition coefficient (Wildman–Crippen LogP) is 4.52. The van der Waals surface area contributed by atoms with Gasteiger partial charge in [0.2, 0.25) is 0 Å². The van der Waals surface area contributed by atoms with Crippen LogP contribution in [0.5, 0.6) is 0 Å². The molecule has 0 spiro atoms. The molecule has 0 radical (unpaired) electrons. The van der Waals surface area contributed by atoms with Gasteiger partial charge in [-0.25, -0.2) is 4.79 Å². The van der Waals surface area contributed by atoms with Crippen LogP contribution in [0.25, 0.3) is 11.1 Å². The van der Waals surface area contributed by atoms with Crippen molar-refractivity contribution in [3.63, 3.8) is 0 Å². The second kappa shape index (κ2) is 7.69. The van der Waals surface area contributed by atoms with Crippen molar-refractivity contribution in [1.29, 1.82) is 0 Å². The Labute approximate surface area is 147 Å². The number of benzene rings is 2. The van der Waals surface area contributed by atoms with Crippen molar-refractivity contribution in [3.8, 4) is 11.1 Å². The van der Waals surface area contributed by atoms with E-state index in [2.05, 4.69) is 5.32 Å². The van der Waals surface area contributed by atoms with Gasteiger partial charge in [-0.15, -0.1) is 0 Å². The number of carbonyl (C=O) groups excluding carboxylic acids is 1. The summed E-state index contributed by atoms with van der Waals surface area (Å²) >= 11 is 5.91. The zero-order valence-electron chi connectivity index (χ0n) is 14.1. The second-order valence-corrected chi connectivity index (χ2v) is 6.95. The lowest BCUT2D eigenvalue weighted by atomic mass is 9.98. The molecule has 0 bridgehead atoms. The molecule has 128 valence electrons. The lowest BCUT2D eigenvalue weighted by Crippen LogP contribution is -2.32. The summed E-state index contributed by atoms with van der Waals surface area (Å²) in [4.78, 5) is 11.7. The third-order valence-electron chi connectivity index (χ3n) is 3.33. The SMILES string of the molecule is CC(C)(C)OC(=O)NCc1ccc(-c2ccc(Cl)cc2)c(CO)c1. The summed E-state index contributed by atoms with van der Waals surface area (Å²) < 4.78 is 5.21. The molecule has 0 aliphatic rings. The first kappa shape index (κ1) is 18.3. The molecule has 0 atom stereocenters. The van der Waals surface area contributed by atoms with Gasteiger partial charge in [0, 0.05) is 11.6 Å². The van der Waals surface area contributed by atoms with Crippen LogP contribution in [0.1, 0.15) is 31.9 Å². The van der Waals surface area contributed by atoms with Crippen molar-refractivity contribution in [3.05, 3.63) is 58.6 Å². The fourth-order valence-corrected chi connectivity index (χ4v) is 2.41. The van der Waals surface area contributed by atoms with Crippen molar-refractivity contribution in [2.75, 3.05) is 0 Å². The van der Waals surface area contributed by atoms with E-state index < -0.39 is 11.7 Å². The number of rotatable bonds is 4. The highest BCUT2D eigenvalue weighted by Crippen LogP contribution is 2.26. The molecule has 1 amide bonds. The van der Waals surface area contributed by atoms with Crippen molar-refractivity contribution >= 4 is 17.7 Å². The van der Waals surface area contributed by atoms with Gasteiger partial charge in [0.25, 0.3) is 0 Å². The molecule has 0 fully saturated rings. The molecule has 2 aromatic rings. The number of nitrogens with one attached hydrogen (secondary N) is 1. The number of amides is 1. The Hall–Kier alpha value is -2.04. The molecule has 2 N–H and O–H groups in total. The highest BCUT2D eigenvalue weighted by Gasteiger charge is 2.15. The van der Waals surface area contributed by atoms with Gasteiger partial charge in [-0.2, -0.15) is 0 Å². The van der Waals surface area contributed by atoms with Gasteiger partial charge < -0.3 is 15.2 Å². The van der Waals surface area contributed by atoms with E-state index in [1.807, 2.05) is 63.2 Å². The van der Waals surface area contributed by atoms with E-state index in [9.17, 15) is 9.90 Å². The lowest BCUT2D eigenvalue weighted by Gasteiger charge is -2.19. The van der Waals surface area contributed by atoms with Crippen molar-refractivity contribution in [2.24, 2.45) is 0 Å². The molecule has 0 unspecified atom stereocenters. The van der Waals surface area contributed by atoms with Gasteiger partial charge in [0.15, 0.2) is 0 Å². The van der Waals surface area contributed by atoms with Crippen LogP contribution < -0.4 is 5.32 Å². The molecular formula is C19H22ClNO3. The van der Waals surface area contributed by atoms with E-state index in [0.717, 1.165) is 22.3 Å². The van der Waals surface area contributed by atoms with Crippen molar-refractivity contribution < 1.29 is 14.6 Å². The van der Waals surface area contributed by atoms with E-state index in [4.69, 9.17) is 16.3 Å². The topological polar surface area (TPSA) is 58.6 Å². The van der Waals surface area contributed by atoms with E-state index in [-0.39, 0.29) is 6.61 Å². The summed E-state index contributed by atoms with van der Waals surface area (Å²) in [6.45, 7) is 5.70. The molecule has 0 saturated heterocycles. The summed E-state index contributed by atoms with van der Waals surface area (Å²) in [7, 11) is 0. The molecule has 0 aliphatic carbocycles. The van der Waals surface area contributed by atoms with Gasteiger partial charge in [0.1, 0.15) is 5.60 Å². The first-order valence-electron chi connectivity index (χ1n) is 7.74. The van der Waals surface area contributed by atoms with Crippen molar-refractivity contribution in [1.82, 2.24) is 5.32 Å². The molecule has 0 saturated carbocycles. The number of aliphatic hydroxyl groups is 1. The molecular weight excluding hydrogens is 326 g/mol. The number of alkyl carbamates (subject to hydrolysis) is 1. The van der Waals surface area contributed by atoms with Crippen LogP contribution >= 0.6 is 11.6 Å². The van der Waals surface area contributed by atoms with E-state index in [1.165, 1.54) is 0 Å². The molecule has 2 aromatic carbocycles. The molecule has 24 heavy (non-hydrogen) atoms. The first-order valence-corrected chi connectivity index (χ1v) is 8.12. The number of aliphatic hydroxyl groups excluding tert-OH is 1. The van der Waals surface area contributed by atoms with Gasteiger partial charge in [-0.1, -0.05) is 41.9 Å². The zero-order valence-corrected chi connectivity index (χ0v) is 14.9. The van der Waals surface area contributed by atoms with E-state index in [1.54, 1.807) is 0 Å². The van der Waals surface area contributed by atoms with Crippen LogP contribution in [0.2, 0.25) is 5.02 Å². The van der Waals surface area contributed by atoms with Crippen LogP contribution in [-0.4, -0.2) is 16.8 Å². The standard InChI is InChI=1S/C19H22ClNO3/c1-19(2,3)24-18(23)21-11-13-4-9-17(15(10-13)12-22)14-5-7-16(20)8-6-14/h4-10,22H,11-12H2,1-3H3,(H,21,23). The van der Waals surface area contributed by atoms with Crippen LogP contribution in [0, 0.1) is 0 Å². The van der Waals surface area contributed by atoms with E-state index >= 15 is 0 Å². The normalized spacial score (nSPS) is 11.2. The minimum atomic E-state index is -0.529. The fourth-order valence-electron chi connectivity index (χ4n) is 2.29. The fraction of sp³-hybridized carbons (Fsp3) is 0.316. The maximum absolute atomic E-state index is 11.7. The van der Waals surface area contributed by atoms with Crippen LogP contribution in [0.15, 0.2) is 42.5 Å². The van der Waals surface area contributed by atoms with Gasteiger partial charge in [0.05, 0.1) is 6.61 Å². The summed E-state index contributed by atoms with van der Waals surface area (Å²) in [6, 6.07) is 13.2. The lowest BCUT2D eigenvalue weighted by molar-refractivity contribution is 0.0523. The third-order valence-corrected chi connectivity index (χ3v) is 3.58. The monoisotopic (exact) mass is 347 g/mol. The first-order chi connectivity index (χ1) is 11.3. The minimum Gasteiger partial charge on any atom is -0.444 e. The Morgan fingerprint density at radius 3 is 2.42 bits per heavy atom. The maximum Gasteiger partial charge on any atom is 0.407 e. The van der Waals surface area contributed by atoms with Gasteiger partial charge >= 0.3 is 6.09 Å². The van der Waals surface area contributed by atoms with E-state index in [0.29, 0.717) is 11.6 Å². The second-order valence-electron chi connectivity index (χ2n) is 6.51. The molecule has 4 nitrogen and oxygen atoms in total. The minimum absolute atomic E-state index is 0.0851. The molecule has 0 heterocycles. The highest BCUT2D eigenvalue weighted by atomic mass is 35.5. The van der Waals surface area contributed by atoms with Crippen LogP contribution in [-0.2, 0) is 17.9 Å². The average Bonchev–Trinajstić information content (AvgIpc) is 2.52.